The first-order valence-electron chi connectivity index (χ1n) is 6.72. The van der Waals surface area contributed by atoms with Gasteiger partial charge in [-0.3, -0.25) is 10.2 Å². The van der Waals surface area contributed by atoms with Gasteiger partial charge in [-0.25, -0.2) is 0 Å². The second-order valence-electron chi connectivity index (χ2n) is 6.38. The molecule has 0 aliphatic carbocycles. The van der Waals surface area contributed by atoms with E-state index in [9.17, 15) is 0 Å². The molecule has 3 nitrogen and oxygen atoms in total. The standard InChI is InChI=1S/C13H23N3Si/c1-17(2,3)12-7-5-9-16(12)13-11-6-4-8-15(11)10-14-13/h5,7,9,11,13-14H,4,6,8,10H2,1-3H3. The van der Waals surface area contributed by atoms with Gasteiger partial charge in [0.15, 0.2) is 0 Å². The maximum Gasteiger partial charge on any atom is 0.0999 e. The van der Waals surface area contributed by atoms with Gasteiger partial charge in [0.1, 0.15) is 0 Å². The van der Waals surface area contributed by atoms with E-state index in [2.05, 4.69) is 52.8 Å². The van der Waals surface area contributed by atoms with Crippen molar-refractivity contribution in [1.82, 2.24) is 14.8 Å². The topological polar surface area (TPSA) is 20.2 Å². The first-order valence-corrected chi connectivity index (χ1v) is 10.2. The van der Waals surface area contributed by atoms with Crippen molar-refractivity contribution in [1.29, 1.82) is 0 Å². The highest BCUT2D eigenvalue weighted by molar-refractivity contribution is 6.88. The van der Waals surface area contributed by atoms with Crippen LogP contribution in [-0.4, -0.2) is 36.8 Å². The highest BCUT2D eigenvalue weighted by Crippen LogP contribution is 2.29. The van der Waals surface area contributed by atoms with Gasteiger partial charge in [0.2, 0.25) is 0 Å². The molecule has 17 heavy (non-hydrogen) atoms. The van der Waals surface area contributed by atoms with Crippen molar-refractivity contribution in [3.63, 3.8) is 0 Å². The van der Waals surface area contributed by atoms with Gasteiger partial charge in [-0.05, 0) is 31.5 Å². The molecule has 1 aromatic heterocycles. The zero-order chi connectivity index (χ0) is 12.0. The Hall–Kier alpha value is -0.583. The Morgan fingerprint density at radius 3 is 2.94 bits per heavy atom. The number of hydrogen-bond donors (Lipinski definition) is 1. The predicted molar refractivity (Wildman–Crippen MR) is 74.2 cm³/mol. The largest absolute Gasteiger partial charge is 0.338 e. The Morgan fingerprint density at radius 1 is 1.35 bits per heavy atom. The number of aromatic nitrogens is 1. The third kappa shape index (κ3) is 1.88. The van der Waals surface area contributed by atoms with E-state index in [0.717, 1.165) is 12.7 Å². The molecule has 2 atom stereocenters. The second kappa shape index (κ2) is 3.97. The minimum absolute atomic E-state index is 0.509. The van der Waals surface area contributed by atoms with E-state index in [-0.39, 0.29) is 0 Å². The summed E-state index contributed by atoms with van der Waals surface area (Å²) in [5.41, 5.74) is 0. The maximum atomic E-state index is 3.68. The van der Waals surface area contributed by atoms with Gasteiger partial charge in [0.05, 0.1) is 20.9 Å². The quantitative estimate of drug-likeness (QED) is 0.803. The van der Waals surface area contributed by atoms with Gasteiger partial charge in [0.25, 0.3) is 0 Å². The van der Waals surface area contributed by atoms with Crippen LogP contribution in [0.2, 0.25) is 19.6 Å². The summed E-state index contributed by atoms with van der Waals surface area (Å²) >= 11 is 0. The predicted octanol–water partition coefficient (Wildman–Crippen LogP) is 1.56. The summed E-state index contributed by atoms with van der Waals surface area (Å²) in [5, 5.41) is 5.26. The van der Waals surface area contributed by atoms with Crippen molar-refractivity contribution in [3.05, 3.63) is 18.3 Å². The molecule has 3 rings (SSSR count). The Bertz CT molecular complexity index is 407. The fraction of sp³-hybridized carbons (Fsp3) is 0.692. The van der Waals surface area contributed by atoms with Gasteiger partial charge in [-0.1, -0.05) is 19.6 Å². The van der Waals surface area contributed by atoms with Crippen molar-refractivity contribution in [2.75, 3.05) is 13.2 Å². The molecule has 0 radical (unpaired) electrons. The highest BCUT2D eigenvalue weighted by atomic mass is 28.3. The molecule has 0 bridgehead atoms. The van der Waals surface area contributed by atoms with Crippen molar-refractivity contribution < 1.29 is 0 Å². The molecule has 2 aliphatic rings. The number of rotatable bonds is 2. The SMILES string of the molecule is C[Si](C)(C)c1cccn1C1NCN2CCCC12. The zero-order valence-corrected chi connectivity index (χ0v) is 12.1. The summed E-state index contributed by atoms with van der Waals surface area (Å²) in [6.07, 6.45) is 5.50. The first kappa shape index (κ1) is 11.5. The molecular weight excluding hydrogens is 226 g/mol. The molecular formula is C13H23N3Si. The van der Waals surface area contributed by atoms with Crippen molar-refractivity contribution in [3.8, 4) is 0 Å². The Labute approximate surface area is 105 Å². The fourth-order valence-electron chi connectivity index (χ4n) is 3.31. The third-order valence-electron chi connectivity index (χ3n) is 4.13. The van der Waals surface area contributed by atoms with Crippen LogP contribution in [0.1, 0.15) is 19.0 Å². The van der Waals surface area contributed by atoms with E-state index in [1.54, 1.807) is 5.32 Å². The molecule has 0 amide bonds. The molecule has 0 saturated carbocycles. The van der Waals surface area contributed by atoms with E-state index >= 15 is 0 Å². The Balaban J connectivity index is 1.92. The zero-order valence-electron chi connectivity index (χ0n) is 11.1. The fourth-order valence-corrected chi connectivity index (χ4v) is 4.89. The van der Waals surface area contributed by atoms with Crippen LogP contribution in [0.5, 0.6) is 0 Å². The minimum atomic E-state index is -1.23. The summed E-state index contributed by atoms with van der Waals surface area (Å²) in [5.74, 6) is 0. The number of nitrogens with zero attached hydrogens (tertiary/aromatic N) is 2. The number of nitrogens with one attached hydrogen (secondary N) is 1. The average Bonchev–Trinajstić information content (AvgIpc) is 2.90. The van der Waals surface area contributed by atoms with Crippen LogP contribution in [0.4, 0.5) is 0 Å². The number of hydrogen-bond acceptors (Lipinski definition) is 2. The van der Waals surface area contributed by atoms with Crippen LogP contribution in [0.25, 0.3) is 0 Å². The van der Waals surface area contributed by atoms with Gasteiger partial charge < -0.3 is 4.57 Å². The molecule has 0 spiro atoms. The summed E-state index contributed by atoms with van der Waals surface area (Å²) in [6.45, 7) is 9.64. The van der Waals surface area contributed by atoms with E-state index in [1.807, 2.05) is 0 Å². The van der Waals surface area contributed by atoms with E-state index < -0.39 is 8.07 Å². The summed E-state index contributed by atoms with van der Waals surface area (Å²) < 4.78 is 2.52. The molecule has 2 aliphatic heterocycles. The maximum absolute atomic E-state index is 3.68. The minimum Gasteiger partial charge on any atom is -0.338 e. The lowest BCUT2D eigenvalue weighted by Gasteiger charge is -2.27. The summed E-state index contributed by atoms with van der Waals surface area (Å²) in [7, 11) is -1.23. The molecule has 3 heterocycles. The van der Waals surface area contributed by atoms with Gasteiger partial charge in [0, 0.05) is 17.6 Å². The van der Waals surface area contributed by atoms with E-state index in [4.69, 9.17) is 0 Å². The van der Waals surface area contributed by atoms with Crippen LogP contribution in [0, 0.1) is 0 Å². The normalized spacial score (nSPS) is 29.8. The molecule has 1 N–H and O–H groups in total. The molecule has 2 fully saturated rings. The smallest absolute Gasteiger partial charge is 0.0999 e. The lowest BCUT2D eigenvalue weighted by molar-refractivity contribution is 0.291. The van der Waals surface area contributed by atoms with Crippen molar-refractivity contribution in [2.45, 2.75) is 44.7 Å². The van der Waals surface area contributed by atoms with Crippen molar-refractivity contribution >= 4 is 13.4 Å². The van der Waals surface area contributed by atoms with Crippen LogP contribution in [0.3, 0.4) is 0 Å². The van der Waals surface area contributed by atoms with E-state index in [1.165, 1.54) is 19.4 Å². The molecule has 2 saturated heterocycles. The molecule has 2 unspecified atom stereocenters. The second-order valence-corrected chi connectivity index (χ2v) is 11.4. The Kier molecular flexibility index (Phi) is 2.69. The van der Waals surface area contributed by atoms with Crippen LogP contribution in [-0.2, 0) is 0 Å². The highest BCUT2D eigenvalue weighted by Gasteiger charge is 2.39. The van der Waals surface area contributed by atoms with Gasteiger partial charge in [-0.15, -0.1) is 0 Å². The Morgan fingerprint density at radius 2 is 2.18 bits per heavy atom. The average molecular weight is 249 g/mol. The van der Waals surface area contributed by atoms with Crippen molar-refractivity contribution in [2.24, 2.45) is 0 Å². The van der Waals surface area contributed by atoms with Gasteiger partial charge >= 0.3 is 0 Å². The molecule has 4 heteroatoms. The molecule has 94 valence electrons. The van der Waals surface area contributed by atoms with Crippen LogP contribution in [0.15, 0.2) is 18.3 Å². The third-order valence-corrected chi connectivity index (χ3v) is 6.09. The van der Waals surface area contributed by atoms with Crippen LogP contribution >= 0.6 is 0 Å². The number of fused-ring (bicyclic) bond motifs is 1. The molecule has 1 aromatic rings. The monoisotopic (exact) mass is 249 g/mol. The van der Waals surface area contributed by atoms with Crippen LogP contribution < -0.4 is 10.6 Å². The summed E-state index contributed by atoms with van der Waals surface area (Å²) in [6, 6.07) is 5.26. The van der Waals surface area contributed by atoms with E-state index in [0.29, 0.717) is 6.17 Å². The van der Waals surface area contributed by atoms with Gasteiger partial charge in [-0.2, -0.15) is 0 Å². The summed E-state index contributed by atoms with van der Waals surface area (Å²) in [4.78, 5) is 2.60. The lowest BCUT2D eigenvalue weighted by Crippen LogP contribution is -2.46. The first-order chi connectivity index (χ1) is 8.07. The molecule has 0 aromatic carbocycles. The lowest BCUT2D eigenvalue weighted by atomic mass is 10.2.